The Morgan fingerprint density at radius 3 is 2.67 bits per heavy atom. The van der Waals surface area contributed by atoms with Gasteiger partial charge in [-0.3, -0.25) is 4.79 Å². The minimum atomic E-state index is -0.528. The van der Waals surface area contributed by atoms with E-state index in [0.717, 1.165) is 47.8 Å². The number of fused-ring (bicyclic) bond motifs is 3. The van der Waals surface area contributed by atoms with Crippen molar-refractivity contribution in [3.05, 3.63) is 46.2 Å². The van der Waals surface area contributed by atoms with Crippen LogP contribution in [-0.2, 0) is 22.7 Å². The first-order valence-electron chi connectivity index (χ1n) is 13.8. The molecule has 2 unspecified atom stereocenters. The molecule has 2 aliphatic heterocycles. The Morgan fingerprint density at radius 2 is 2.05 bits per heavy atom. The van der Waals surface area contributed by atoms with Crippen LogP contribution in [0.3, 0.4) is 0 Å². The average molecular weight is 608 g/mol. The van der Waals surface area contributed by atoms with Gasteiger partial charge in [-0.2, -0.15) is 10.2 Å². The van der Waals surface area contributed by atoms with Crippen molar-refractivity contribution in [2.75, 3.05) is 37.4 Å². The van der Waals surface area contributed by atoms with Crippen molar-refractivity contribution in [3.8, 4) is 17.2 Å². The number of carbonyl (C=O) groups excluding carboxylic acids is 1. The third-order valence-corrected chi connectivity index (χ3v) is 9.24. The Kier molecular flexibility index (Phi) is 8.72. The van der Waals surface area contributed by atoms with Gasteiger partial charge in [-0.15, -0.1) is 9.24 Å². The normalized spacial score (nSPS) is 15.4. The van der Waals surface area contributed by atoms with E-state index in [1.165, 1.54) is 6.07 Å². The first-order valence-corrected chi connectivity index (χ1v) is 15.2. The summed E-state index contributed by atoms with van der Waals surface area (Å²) < 4.78 is 21.7. The number of halogens is 1. The van der Waals surface area contributed by atoms with Crippen LogP contribution in [0.4, 0.5) is 16.2 Å². The van der Waals surface area contributed by atoms with Crippen LogP contribution in [-0.4, -0.2) is 59.9 Å². The molecule has 0 saturated carbocycles. The quantitative estimate of drug-likeness (QED) is 0.255. The van der Waals surface area contributed by atoms with E-state index >= 15 is 4.39 Å². The first-order chi connectivity index (χ1) is 20.0. The van der Waals surface area contributed by atoms with Crippen LogP contribution in [0.25, 0.3) is 22.0 Å². The molecule has 1 fully saturated rings. The Balaban J connectivity index is 1.79. The number of nitrogens with one attached hydrogen (secondary N) is 1. The van der Waals surface area contributed by atoms with Crippen LogP contribution in [0.2, 0.25) is 0 Å². The highest BCUT2D eigenvalue weighted by Gasteiger charge is 2.34. The van der Waals surface area contributed by atoms with Gasteiger partial charge in [0, 0.05) is 45.8 Å². The summed E-state index contributed by atoms with van der Waals surface area (Å²) in [7, 11) is 6.82. The number of ketones is 1. The minimum absolute atomic E-state index is 0.0222. The number of anilines is 2. The average Bonchev–Trinajstić information content (AvgIpc) is 3.38. The maximum Gasteiger partial charge on any atom is 0.228 e. The van der Waals surface area contributed by atoms with Crippen LogP contribution in [0.5, 0.6) is 0 Å². The standard InChI is InChI=1S/C30H35FN7O2PS/c1-6-7-22(15(2)39)34-29-26-20-14-40-13-19(20)25(24-18(10-32)23(42-16(3)33)9-8-21(24)31)28(41)27(26)35-30(36-29)38-11-17(12-38)37(4)5/h8-9,17,22H,3,6-7,11-14,33,41H2,1-2,4-5H3,(H,34,35,36). The van der Waals surface area contributed by atoms with Crippen LogP contribution in [0, 0.1) is 17.1 Å². The number of aromatic nitrogens is 2. The van der Waals surface area contributed by atoms with Crippen molar-refractivity contribution >= 4 is 54.8 Å². The number of hydrogen-bond acceptors (Lipinski definition) is 10. The molecule has 1 saturated heterocycles. The summed E-state index contributed by atoms with van der Waals surface area (Å²) in [5, 5.41) is 15.3. The smallest absolute Gasteiger partial charge is 0.228 e. The second-order valence-electron chi connectivity index (χ2n) is 10.9. The maximum absolute atomic E-state index is 15.7. The lowest BCUT2D eigenvalue weighted by molar-refractivity contribution is -0.117. The van der Waals surface area contributed by atoms with Crippen LogP contribution < -0.4 is 21.3 Å². The Bertz CT molecular complexity index is 1630. The molecule has 9 nitrogen and oxygen atoms in total. The van der Waals surface area contributed by atoms with Gasteiger partial charge in [-0.1, -0.05) is 31.7 Å². The molecule has 2 atom stereocenters. The van der Waals surface area contributed by atoms with Gasteiger partial charge in [0.2, 0.25) is 5.95 Å². The summed E-state index contributed by atoms with van der Waals surface area (Å²) in [4.78, 5) is 27.3. The number of Topliss-reactive ketones (excluding diaryl/α,β-unsaturated/α-hetero) is 1. The summed E-state index contributed by atoms with van der Waals surface area (Å²) >= 11 is 1.12. The second kappa shape index (κ2) is 12.1. The number of nitrogens with two attached hydrogens (primary N) is 1. The molecule has 220 valence electrons. The fourth-order valence-electron chi connectivity index (χ4n) is 5.53. The zero-order valence-electron chi connectivity index (χ0n) is 24.3. The molecule has 0 radical (unpaired) electrons. The Morgan fingerprint density at radius 1 is 1.33 bits per heavy atom. The molecule has 2 aromatic carbocycles. The van der Waals surface area contributed by atoms with Gasteiger partial charge in [0.25, 0.3) is 0 Å². The second-order valence-corrected chi connectivity index (χ2v) is 12.7. The number of likely N-dealkylation sites (N-methyl/N-ethyl adjacent to an activating group) is 1. The van der Waals surface area contributed by atoms with Crippen molar-refractivity contribution < 1.29 is 13.9 Å². The van der Waals surface area contributed by atoms with E-state index in [2.05, 4.69) is 37.0 Å². The molecule has 0 spiro atoms. The van der Waals surface area contributed by atoms with E-state index in [1.54, 1.807) is 13.0 Å². The molecule has 5 rings (SSSR count). The molecule has 0 amide bonds. The van der Waals surface area contributed by atoms with Gasteiger partial charge in [0.05, 0.1) is 35.4 Å². The van der Waals surface area contributed by atoms with Crippen molar-refractivity contribution in [1.82, 2.24) is 14.9 Å². The number of thioether (sulfide) groups is 1. The van der Waals surface area contributed by atoms with E-state index in [-0.39, 0.29) is 30.1 Å². The van der Waals surface area contributed by atoms with Gasteiger partial charge in [-0.05, 0) is 50.7 Å². The van der Waals surface area contributed by atoms with E-state index in [9.17, 15) is 10.1 Å². The Labute approximate surface area is 251 Å². The summed E-state index contributed by atoms with van der Waals surface area (Å²) in [6, 6.07) is 5.04. The third-order valence-electron chi connectivity index (χ3n) is 7.86. The maximum atomic E-state index is 15.7. The summed E-state index contributed by atoms with van der Waals surface area (Å²) in [5.74, 6) is 0.576. The lowest BCUT2D eigenvalue weighted by Crippen LogP contribution is -2.58. The lowest BCUT2D eigenvalue weighted by Gasteiger charge is -2.43. The molecule has 3 N–H and O–H groups in total. The third kappa shape index (κ3) is 5.45. The van der Waals surface area contributed by atoms with E-state index in [0.29, 0.717) is 50.5 Å². The molecular weight excluding hydrogens is 572 g/mol. The van der Waals surface area contributed by atoms with E-state index < -0.39 is 11.9 Å². The number of rotatable bonds is 10. The molecule has 1 aromatic heterocycles. The zero-order chi connectivity index (χ0) is 30.3. The first kappa shape index (κ1) is 30.2. The number of nitrogens with zero attached hydrogens (tertiary/aromatic N) is 5. The Hall–Kier alpha value is -3.29. The summed E-state index contributed by atoms with van der Waals surface area (Å²) in [6.07, 6.45) is 1.48. The van der Waals surface area contributed by atoms with Gasteiger partial charge >= 0.3 is 0 Å². The number of benzene rings is 2. The van der Waals surface area contributed by atoms with Gasteiger partial charge in [-0.25, -0.2) is 9.37 Å². The van der Waals surface area contributed by atoms with Crippen molar-refractivity contribution in [1.29, 1.82) is 5.26 Å². The van der Waals surface area contributed by atoms with Gasteiger partial charge in [0.15, 0.2) is 5.78 Å². The number of carbonyl (C=O) groups is 1. The van der Waals surface area contributed by atoms with Gasteiger partial charge < -0.3 is 25.6 Å². The monoisotopic (exact) mass is 607 g/mol. The van der Waals surface area contributed by atoms with Crippen molar-refractivity contribution in [2.45, 2.75) is 56.9 Å². The molecular formula is C30H35FN7O2PS. The van der Waals surface area contributed by atoms with E-state index in [4.69, 9.17) is 20.4 Å². The van der Waals surface area contributed by atoms with Crippen molar-refractivity contribution in [3.63, 3.8) is 0 Å². The molecule has 3 heterocycles. The molecule has 2 aliphatic rings. The molecule has 0 aliphatic carbocycles. The highest BCUT2D eigenvalue weighted by molar-refractivity contribution is 8.03. The predicted molar refractivity (Wildman–Crippen MR) is 169 cm³/mol. The number of nitriles is 1. The largest absolute Gasteiger partial charge is 0.394 e. The van der Waals surface area contributed by atoms with Crippen LogP contribution in [0.1, 0.15) is 43.4 Å². The topological polar surface area (TPSA) is 120 Å². The molecule has 3 aromatic rings. The fourth-order valence-corrected chi connectivity index (χ4v) is 6.73. The van der Waals surface area contributed by atoms with E-state index in [1.807, 2.05) is 21.0 Å². The summed E-state index contributed by atoms with van der Waals surface area (Å²) in [5.41, 5.74) is 8.94. The number of hydrogen-bond donors (Lipinski definition) is 2. The predicted octanol–water partition coefficient (Wildman–Crippen LogP) is 4.28. The highest BCUT2D eigenvalue weighted by Crippen LogP contribution is 2.43. The SMILES string of the molecule is C=C(N)Sc1ccc(F)c(-c2c3c(c4c(NC(CCC)C(C)=O)nc(N5CC(N(C)C)C5)nc4c2P)COC3)c1C#N. The molecule has 0 bridgehead atoms. The highest BCUT2D eigenvalue weighted by atomic mass is 32.2. The van der Waals surface area contributed by atoms with Crippen LogP contribution in [0.15, 0.2) is 28.6 Å². The number of ether oxygens (including phenoxy) is 1. The zero-order valence-corrected chi connectivity index (χ0v) is 26.2. The fraction of sp³-hybridized carbons (Fsp3) is 0.400. The van der Waals surface area contributed by atoms with Crippen LogP contribution >= 0.6 is 21.0 Å². The molecule has 42 heavy (non-hydrogen) atoms. The minimum Gasteiger partial charge on any atom is -0.394 e. The van der Waals surface area contributed by atoms with Gasteiger partial charge in [0.1, 0.15) is 17.7 Å². The summed E-state index contributed by atoms with van der Waals surface area (Å²) in [6.45, 7) is 9.37. The van der Waals surface area contributed by atoms with Crippen molar-refractivity contribution in [2.24, 2.45) is 5.73 Å². The lowest BCUT2D eigenvalue weighted by atomic mass is 9.90. The molecule has 12 heteroatoms.